The largest absolute Gasteiger partial charge is 0.385 e. The average molecular weight is 352 g/mol. The van der Waals surface area contributed by atoms with Crippen molar-refractivity contribution in [3.63, 3.8) is 0 Å². The Morgan fingerprint density at radius 1 is 1.04 bits per heavy atom. The summed E-state index contributed by atoms with van der Waals surface area (Å²) < 4.78 is 0. The number of fused-ring (bicyclic) bond motifs is 1. The van der Waals surface area contributed by atoms with Crippen molar-refractivity contribution >= 4 is 5.69 Å². The first-order chi connectivity index (χ1) is 12.7. The molecule has 1 heterocycles. The molecule has 0 aliphatic carbocycles. The Balaban J connectivity index is 0.00000117. The first-order valence-electron chi connectivity index (χ1n) is 9.78. The van der Waals surface area contributed by atoms with E-state index in [0.717, 1.165) is 31.9 Å². The second-order valence-electron chi connectivity index (χ2n) is 6.52. The Morgan fingerprint density at radius 3 is 2.54 bits per heavy atom. The molecule has 2 aromatic carbocycles. The molecule has 0 spiro atoms. The van der Waals surface area contributed by atoms with Crippen LogP contribution in [0, 0.1) is 6.92 Å². The molecule has 0 radical (unpaired) electrons. The fraction of sp³-hybridized carbons (Fsp3) is 0.391. The third-order valence-electron chi connectivity index (χ3n) is 4.49. The van der Waals surface area contributed by atoms with Gasteiger partial charge in [0, 0.05) is 25.3 Å². The highest BCUT2D eigenvalue weighted by molar-refractivity contribution is 5.54. The number of benzene rings is 2. The van der Waals surface area contributed by atoms with E-state index in [1.54, 1.807) is 0 Å². The highest BCUT2D eigenvalue weighted by atomic mass is 15.1. The number of hydrogen-bond donors (Lipinski definition) is 3. The van der Waals surface area contributed by atoms with Crippen LogP contribution in [-0.2, 0) is 19.4 Å². The molecule has 0 saturated carbocycles. The van der Waals surface area contributed by atoms with Crippen molar-refractivity contribution in [1.29, 1.82) is 0 Å². The Bertz CT molecular complexity index is 689. The predicted octanol–water partition coefficient (Wildman–Crippen LogP) is 4.77. The first kappa shape index (κ1) is 19.9. The molecule has 1 aliphatic rings. The van der Waals surface area contributed by atoms with Crippen LogP contribution in [0.25, 0.3) is 0 Å². The molecule has 3 rings (SSSR count). The van der Waals surface area contributed by atoms with Crippen LogP contribution in [0.15, 0.2) is 54.9 Å². The minimum atomic E-state index is 0.800. The van der Waals surface area contributed by atoms with Crippen LogP contribution in [0.5, 0.6) is 0 Å². The van der Waals surface area contributed by atoms with Gasteiger partial charge in [0.2, 0.25) is 0 Å². The third kappa shape index (κ3) is 6.14. The van der Waals surface area contributed by atoms with Gasteiger partial charge in [-0.25, -0.2) is 0 Å². The number of anilines is 1. The van der Waals surface area contributed by atoms with Crippen molar-refractivity contribution in [3.8, 4) is 0 Å². The summed E-state index contributed by atoms with van der Waals surface area (Å²) in [5, 5.41) is 10.2. The molecule has 140 valence electrons. The maximum atomic E-state index is 4.05. The molecule has 0 atom stereocenters. The highest BCUT2D eigenvalue weighted by Crippen LogP contribution is 2.23. The van der Waals surface area contributed by atoms with Gasteiger partial charge in [-0.2, -0.15) is 0 Å². The average Bonchev–Trinajstić information content (AvgIpc) is 2.69. The van der Waals surface area contributed by atoms with Gasteiger partial charge in [-0.15, -0.1) is 0 Å². The molecule has 0 bridgehead atoms. The maximum absolute atomic E-state index is 4.05. The molecule has 0 fully saturated rings. The zero-order valence-corrected chi connectivity index (χ0v) is 16.5. The van der Waals surface area contributed by atoms with E-state index in [1.165, 1.54) is 40.8 Å². The van der Waals surface area contributed by atoms with E-state index in [9.17, 15) is 0 Å². The van der Waals surface area contributed by atoms with Gasteiger partial charge in [-0.1, -0.05) is 62.4 Å². The normalized spacial score (nSPS) is 12.1. The predicted molar refractivity (Wildman–Crippen MR) is 113 cm³/mol. The SMILES string of the molecule is C=C(NCCc1ccc2c(c1)NCCC2)NCc1ccc(C)cc1.CC. The van der Waals surface area contributed by atoms with Crippen molar-refractivity contribution < 1.29 is 0 Å². The van der Waals surface area contributed by atoms with Gasteiger partial charge in [0.15, 0.2) is 0 Å². The summed E-state index contributed by atoms with van der Waals surface area (Å²) in [5.41, 5.74) is 6.68. The van der Waals surface area contributed by atoms with Gasteiger partial charge < -0.3 is 16.0 Å². The summed E-state index contributed by atoms with van der Waals surface area (Å²) in [6, 6.07) is 15.4. The molecule has 3 N–H and O–H groups in total. The lowest BCUT2D eigenvalue weighted by molar-refractivity contribution is 0.681. The summed E-state index contributed by atoms with van der Waals surface area (Å²) in [4.78, 5) is 0. The van der Waals surface area contributed by atoms with Crippen LogP contribution in [0.3, 0.4) is 0 Å². The smallest absolute Gasteiger partial charge is 0.0915 e. The van der Waals surface area contributed by atoms with Crippen LogP contribution in [0.2, 0.25) is 0 Å². The standard InChI is InChI=1S/C21H27N3.C2H6/c1-16-5-7-19(8-6-16)15-24-17(2)22-13-11-18-9-10-20-4-3-12-23-21(20)14-18;1-2/h5-10,14,22-24H,2-4,11-13,15H2,1H3;1-2H3. The van der Waals surface area contributed by atoms with Crippen LogP contribution < -0.4 is 16.0 Å². The van der Waals surface area contributed by atoms with Crippen molar-refractivity contribution in [3.05, 3.63) is 77.1 Å². The highest BCUT2D eigenvalue weighted by Gasteiger charge is 2.08. The van der Waals surface area contributed by atoms with Crippen LogP contribution in [0.4, 0.5) is 5.69 Å². The minimum Gasteiger partial charge on any atom is -0.385 e. The van der Waals surface area contributed by atoms with Gasteiger partial charge in [-0.05, 0) is 48.9 Å². The molecule has 3 heteroatoms. The number of hydrogen-bond acceptors (Lipinski definition) is 3. The summed E-state index contributed by atoms with van der Waals surface area (Å²) in [7, 11) is 0. The van der Waals surface area contributed by atoms with E-state index in [4.69, 9.17) is 0 Å². The second kappa shape index (κ2) is 10.5. The molecule has 1 aliphatic heterocycles. The summed E-state index contributed by atoms with van der Waals surface area (Å²) in [5.74, 6) is 0.881. The van der Waals surface area contributed by atoms with E-state index in [-0.39, 0.29) is 0 Å². The number of nitrogens with one attached hydrogen (secondary N) is 3. The van der Waals surface area contributed by atoms with E-state index < -0.39 is 0 Å². The van der Waals surface area contributed by atoms with Gasteiger partial charge in [0.1, 0.15) is 0 Å². The lowest BCUT2D eigenvalue weighted by Crippen LogP contribution is -2.26. The zero-order chi connectivity index (χ0) is 18.8. The van der Waals surface area contributed by atoms with E-state index in [2.05, 4.69) is 71.9 Å². The van der Waals surface area contributed by atoms with Crippen LogP contribution in [-0.4, -0.2) is 13.1 Å². The van der Waals surface area contributed by atoms with E-state index in [1.807, 2.05) is 13.8 Å². The monoisotopic (exact) mass is 351 g/mol. The molecular weight excluding hydrogens is 318 g/mol. The molecule has 0 unspecified atom stereocenters. The van der Waals surface area contributed by atoms with Crippen molar-refractivity contribution in [2.24, 2.45) is 0 Å². The molecule has 0 saturated heterocycles. The number of aryl methyl sites for hydroxylation is 2. The first-order valence-corrected chi connectivity index (χ1v) is 9.78. The van der Waals surface area contributed by atoms with E-state index >= 15 is 0 Å². The second-order valence-corrected chi connectivity index (χ2v) is 6.52. The summed E-state index contributed by atoms with van der Waals surface area (Å²) in [6.45, 7) is 12.9. The van der Waals surface area contributed by atoms with Crippen molar-refractivity contribution in [2.45, 2.75) is 46.6 Å². The van der Waals surface area contributed by atoms with Gasteiger partial charge in [0.05, 0.1) is 5.82 Å². The lowest BCUT2D eigenvalue weighted by atomic mass is 10.0. The van der Waals surface area contributed by atoms with Crippen molar-refractivity contribution in [2.75, 3.05) is 18.4 Å². The molecule has 26 heavy (non-hydrogen) atoms. The van der Waals surface area contributed by atoms with Crippen molar-refractivity contribution in [1.82, 2.24) is 10.6 Å². The molecule has 0 aromatic heterocycles. The van der Waals surface area contributed by atoms with Gasteiger partial charge in [0.25, 0.3) is 0 Å². The van der Waals surface area contributed by atoms with Crippen LogP contribution in [0.1, 0.15) is 42.5 Å². The van der Waals surface area contributed by atoms with Crippen LogP contribution >= 0.6 is 0 Å². The number of rotatable bonds is 7. The topological polar surface area (TPSA) is 36.1 Å². The van der Waals surface area contributed by atoms with Gasteiger partial charge >= 0.3 is 0 Å². The quantitative estimate of drug-likeness (QED) is 0.672. The third-order valence-corrected chi connectivity index (χ3v) is 4.49. The molecule has 3 nitrogen and oxygen atoms in total. The Kier molecular flexibility index (Phi) is 8.07. The summed E-state index contributed by atoms with van der Waals surface area (Å²) in [6.07, 6.45) is 3.43. The van der Waals surface area contributed by atoms with E-state index in [0.29, 0.717) is 0 Å². The molecular formula is C23H33N3. The Morgan fingerprint density at radius 2 is 1.77 bits per heavy atom. The molecule has 2 aromatic rings. The minimum absolute atomic E-state index is 0.800. The zero-order valence-electron chi connectivity index (χ0n) is 16.5. The van der Waals surface area contributed by atoms with Gasteiger partial charge in [-0.3, -0.25) is 0 Å². The fourth-order valence-electron chi connectivity index (χ4n) is 3.00. The summed E-state index contributed by atoms with van der Waals surface area (Å²) >= 11 is 0. The Labute approximate surface area is 158 Å². The Hall–Kier alpha value is -2.42. The maximum Gasteiger partial charge on any atom is 0.0915 e. The molecule has 0 amide bonds. The lowest BCUT2D eigenvalue weighted by Gasteiger charge is -2.19. The fourth-order valence-corrected chi connectivity index (χ4v) is 3.00.